The van der Waals surface area contributed by atoms with Crippen molar-refractivity contribution < 1.29 is 14.6 Å². The summed E-state index contributed by atoms with van der Waals surface area (Å²) in [5, 5.41) is 12.7. The summed E-state index contributed by atoms with van der Waals surface area (Å²) in [5.74, 6) is 0.0226. The molecule has 104 valence electrons. The Balaban J connectivity index is 2.18. The average molecular weight is 336 g/mol. The van der Waals surface area contributed by atoms with Crippen LogP contribution in [0.5, 0.6) is 5.75 Å². The molecule has 4 nitrogen and oxygen atoms in total. The smallest absolute Gasteiger partial charge is 0.257 e. The lowest BCUT2D eigenvalue weighted by Crippen LogP contribution is -2.21. The highest BCUT2D eigenvalue weighted by molar-refractivity contribution is 9.10. The van der Waals surface area contributed by atoms with Crippen molar-refractivity contribution in [3.8, 4) is 5.75 Å². The first kappa shape index (κ1) is 14.6. The number of benzene rings is 2. The highest BCUT2D eigenvalue weighted by Gasteiger charge is 2.18. The van der Waals surface area contributed by atoms with E-state index in [1.807, 2.05) is 12.1 Å². The molecule has 1 amide bonds. The monoisotopic (exact) mass is 335 g/mol. The van der Waals surface area contributed by atoms with E-state index in [-0.39, 0.29) is 0 Å². The number of nitrogens with one attached hydrogen (secondary N) is 1. The zero-order valence-electron chi connectivity index (χ0n) is 10.8. The molecule has 0 aliphatic rings. The van der Waals surface area contributed by atoms with E-state index in [0.717, 1.165) is 4.47 Å². The fraction of sp³-hybridized carbons (Fsp3) is 0.133. The van der Waals surface area contributed by atoms with E-state index in [4.69, 9.17) is 4.74 Å². The normalized spacial score (nSPS) is 11.8. The number of aliphatic hydroxyl groups excluding tert-OH is 1. The summed E-state index contributed by atoms with van der Waals surface area (Å²) in [6.07, 6.45) is -1.22. The standard InChI is InChI=1S/C15H14BrNO3/c1-20-13-8-7-11(16)9-12(13)17-15(19)14(18)10-5-3-2-4-6-10/h2-9,14,18H,1H3,(H,17,19). The Morgan fingerprint density at radius 2 is 1.95 bits per heavy atom. The molecule has 2 N–H and O–H groups in total. The van der Waals surface area contributed by atoms with Crippen LogP contribution in [0.2, 0.25) is 0 Å². The molecular formula is C15H14BrNO3. The van der Waals surface area contributed by atoms with Crippen LogP contribution in [0.15, 0.2) is 53.0 Å². The van der Waals surface area contributed by atoms with E-state index in [1.54, 1.807) is 36.4 Å². The van der Waals surface area contributed by atoms with Gasteiger partial charge in [0.05, 0.1) is 12.8 Å². The number of halogens is 1. The van der Waals surface area contributed by atoms with Gasteiger partial charge in [0.25, 0.3) is 5.91 Å². The van der Waals surface area contributed by atoms with Gasteiger partial charge in [0.2, 0.25) is 0 Å². The van der Waals surface area contributed by atoms with E-state index in [2.05, 4.69) is 21.2 Å². The van der Waals surface area contributed by atoms with E-state index in [1.165, 1.54) is 7.11 Å². The first-order valence-corrected chi connectivity index (χ1v) is 6.78. The van der Waals surface area contributed by atoms with Crippen LogP contribution in [0.3, 0.4) is 0 Å². The van der Waals surface area contributed by atoms with Gasteiger partial charge >= 0.3 is 0 Å². The van der Waals surface area contributed by atoms with Crippen LogP contribution in [0.25, 0.3) is 0 Å². The number of amides is 1. The Hall–Kier alpha value is -1.85. The third-order valence-corrected chi connectivity index (χ3v) is 3.28. The summed E-state index contributed by atoms with van der Waals surface area (Å²) >= 11 is 3.33. The topological polar surface area (TPSA) is 58.6 Å². The van der Waals surface area contributed by atoms with Crippen molar-refractivity contribution >= 4 is 27.5 Å². The van der Waals surface area contributed by atoms with Crippen LogP contribution in [0.4, 0.5) is 5.69 Å². The zero-order valence-corrected chi connectivity index (χ0v) is 12.4. The van der Waals surface area contributed by atoms with Crippen LogP contribution in [0, 0.1) is 0 Å². The first-order valence-electron chi connectivity index (χ1n) is 5.99. The second kappa shape index (κ2) is 6.54. The molecule has 2 aromatic rings. The molecule has 0 heterocycles. The molecule has 2 aromatic carbocycles. The minimum absolute atomic E-state index is 0.502. The minimum atomic E-state index is -1.22. The van der Waals surface area contributed by atoms with Gasteiger partial charge in [-0.25, -0.2) is 0 Å². The van der Waals surface area contributed by atoms with Gasteiger partial charge < -0.3 is 15.2 Å². The Kier molecular flexibility index (Phi) is 4.76. The zero-order chi connectivity index (χ0) is 14.5. The predicted octanol–water partition coefficient (Wildman–Crippen LogP) is 3.13. The van der Waals surface area contributed by atoms with Gasteiger partial charge in [0.15, 0.2) is 6.10 Å². The van der Waals surface area contributed by atoms with Crippen LogP contribution >= 0.6 is 15.9 Å². The number of methoxy groups -OCH3 is 1. The van der Waals surface area contributed by atoms with Crippen LogP contribution in [0.1, 0.15) is 11.7 Å². The largest absolute Gasteiger partial charge is 0.495 e. The van der Waals surface area contributed by atoms with Crippen molar-refractivity contribution in [1.29, 1.82) is 0 Å². The third kappa shape index (κ3) is 3.37. The predicted molar refractivity (Wildman–Crippen MR) is 80.7 cm³/mol. The number of carbonyl (C=O) groups is 1. The Labute approximate surface area is 125 Å². The lowest BCUT2D eigenvalue weighted by molar-refractivity contribution is -0.124. The fourth-order valence-electron chi connectivity index (χ4n) is 1.77. The van der Waals surface area contributed by atoms with Crippen molar-refractivity contribution in [2.24, 2.45) is 0 Å². The van der Waals surface area contributed by atoms with Crippen molar-refractivity contribution in [1.82, 2.24) is 0 Å². The fourth-order valence-corrected chi connectivity index (χ4v) is 2.13. The number of ether oxygens (including phenoxy) is 1. The molecule has 5 heteroatoms. The summed E-state index contributed by atoms with van der Waals surface area (Å²) in [6.45, 7) is 0. The molecular weight excluding hydrogens is 322 g/mol. The second-order valence-corrected chi connectivity index (χ2v) is 5.06. The second-order valence-electron chi connectivity index (χ2n) is 4.15. The molecule has 0 bridgehead atoms. The lowest BCUT2D eigenvalue weighted by Gasteiger charge is -2.14. The Bertz CT molecular complexity index is 601. The molecule has 1 unspecified atom stereocenters. The van der Waals surface area contributed by atoms with Crippen LogP contribution in [-0.4, -0.2) is 18.1 Å². The van der Waals surface area contributed by atoms with E-state index >= 15 is 0 Å². The maximum Gasteiger partial charge on any atom is 0.257 e. The minimum Gasteiger partial charge on any atom is -0.495 e. The van der Waals surface area contributed by atoms with Gasteiger partial charge in [-0.1, -0.05) is 46.3 Å². The van der Waals surface area contributed by atoms with Crippen LogP contribution in [-0.2, 0) is 4.79 Å². The van der Waals surface area contributed by atoms with Gasteiger partial charge in [0, 0.05) is 4.47 Å². The summed E-state index contributed by atoms with van der Waals surface area (Å²) in [6, 6.07) is 14.0. The molecule has 0 saturated carbocycles. The summed E-state index contributed by atoms with van der Waals surface area (Å²) in [4.78, 5) is 12.1. The molecule has 0 fully saturated rings. The summed E-state index contributed by atoms with van der Waals surface area (Å²) in [7, 11) is 1.52. The van der Waals surface area contributed by atoms with Crippen LogP contribution < -0.4 is 10.1 Å². The van der Waals surface area contributed by atoms with E-state index < -0.39 is 12.0 Å². The average Bonchev–Trinajstić information content (AvgIpc) is 2.47. The maximum atomic E-state index is 12.1. The molecule has 0 radical (unpaired) electrons. The number of aliphatic hydroxyl groups is 1. The molecule has 0 aliphatic carbocycles. The summed E-state index contributed by atoms with van der Waals surface area (Å²) < 4.78 is 5.98. The lowest BCUT2D eigenvalue weighted by atomic mass is 10.1. The van der Waals surface area contributed by atoms with Crippen molar-refractivity contribution in [2.75, 3.05) is 12.4 Å². The van der Waals surface area contributed by atoms with Crippen molar-refractivity contribution in [2.45, 2.75) is 6.10 Å². The molecule has 0 aliphatic heterocycles. The Morgan fingerprint density at radius 1 is 1.25 bits per heavy atom. The van der Waals surface area contributed by atoms with Gasteiger partial charge in [0.1, 0.15) is 5.75 Å². The molecule has 0 saturated heterocycles. The number of carbonyl (C=O) groups excluding carboxylic acids is 1. The molecule has 1 atom stereocenters. The first-order chi connectivity index (χ1) is 9.61. The number of hydrogen-bond donors (Lipinski definition) is 2. The number of rotatable bonds is 4. The molecule has 2 rings (SSSR count). The number of anilines is 1. The third-order valence-electron chi connectivity index (χ3n) is 2.78. The van der Waals surface area contributed by atoms with E-state index in [0.29, 0.717) is 17.0 Å². The maximum absolute atomic E-state index is 12.1. The summed E-state index contributed by atoms with van der Waals surface area (Å²) in [5.41, 5.74) is 1.04. The van der Waals surface area contributed by atoms with Gasteiger partial charge in [-0.2, -0.15) is 0 Å². The number of hydrogen-bond acceptors (Lipinski definition) is 3. The Morgan fingerprint density at radius 3 is 2.60 bits per heavy atom. The molecule has 20 heavy (non-hydrogen) atoms. The van der Waals surface area contributed by atoms with E-state index in [9.17, 15) is 9.90 Å². The molecule has 0 spiro atoms. The van der Waals surface area contributed by atoms with Crippen molar-refractivity contribution in [3.63, 3.8) is 0 Å². The van der Waals surface area contributed by atoms with Gasteiger partial charge in [-0.05, 0) is 23.8 Å². The highest BCUT2D eigenvalue weighted by Crippen LogP contribution is 2.28. The highest BCUT2D eigenvalue weighted by atomic mass is 79.9. The van der Waals surface area contributed by atoms with Gasteiger partial charge in [-0.15, -0.1) is 0 Å². The SMILES string of the molecule is COc1ccc(Br)cc1NC(=O)C(O)c1ccccc1. The molecule has 0 aromatic heterocycles. The van der Waals surface area contributed by atoms with Gasteiger partial charge in [-0.3, -0.25) is 4.79 Å². The van der Waals surface area contributed by atoms with Crippen molar-refractivity contribution in [3.05, 3.63) is 58.6 Å². The quantitative estimate of drug-likeness (QED) is 0.902.